The van der Waals surface area contributed by atoms with Crippen molar-refractivity contribution < 1.29 is 13.2 Å². The van der Waals surface area contributed by atoms with Gasteiger partial charge in [0.05, 0.1) is 16.6 Å². The van der Waals surface area contributed by atoms with Gasteiger partial charge in [0.1, 0.15) is 4.90 Å². The quantitative estimate of drug-likeness (QED) is 0.439. The lowest BCUT2D eigenvalue weighted by atomic mass is 10.2. The molecule has 2 heterocycles. The summed E-state index contributed by atoms with van der Waals surface area (Å²) in [5, 5.41) is 0.626. The van der Waals surface area contributed by atoms with E-state index in [0.29, 0.717) is 9.36 Å². The van der Waals surface area contributed by atoms with Gasteiger partial charge in [-0.1, -0.05) is 48.5 Å². The van der Waals surface area contributed by atoms with E-state index in [-0.39, 0.29) is 27.0 Å². The number of nitrogens with zero attached hydrogens (tertiary/aromatic N) is 3. The molecule has 0 aliphatic rings. The van der Waals surface area contributed by atoms with Crippen molar-refractivity contribution in [2.45, 2.75) is 4.90 Å². The molecule has 0 bridgehead atoms. The minimum absolute atomic E-state index is 0.109. The van der Waals surface area contributed by atoms with Crippen LogP contribution in [0.2, 0.25) is 0 Å². The van der Waals surface area contributed by atoms with Crippen LogP contribution >= 0.6 is 0 Å². The summed E-state index contributed by atoms with van der Waals surface area (Å²) >= 11 is 0. The van der Waals surface area contributed by atoms with Crippen molar-refractivity contribution in [3.05, 3.63) is 107 Å². The highest BCUT2D eigenvalue weighted by molar-refractivity contribution is 7.90. The summed E-state index contributed by atoms with van der Waals surface area (Å²) in [4.78, 5) is 30.6. The van der Waals surface area contributed by atoms with Gasteiger partial charge >= 0.3 is 5.69 Å². The normalized spacial score (nSPS) is 11.7. The van der Waals surface area contributed by atoms with Crippen molar-refractivity contribution in [3.63, 3.8) is 0 Å². The fourth-order valence-electron chi connectivity index (χ4n) is 3.64. The Bertz CT molecular complexity index is 1630. The smallest absolute Gasteiger partial charge is 0.268 e. The van der Waals surface area contributed by atoms with Crippen molar-refractivity contribution in [3.8, 4) is 0 Å². The largest absolute Gasteiger partial charge is 0.350 e. The predicted molar refractivity (Wildman–Crippen MR) is 117 cm³/mol. The van der Waals surface area contributed by atoms with Gasteiger partial charge in [-0.3, -0.25) is 9.78 Å². The summed E-state index contributed by atoms with van der Waals surface area (Å²) in [6.45, 7) is 0. The average molecular weight is 429 g/mol. The fraction of sp³-hybridized carbons (Fsp3) is 0. The SMILES string of the molecule is O=C(c1ccccc1)n1c(=O)n(S(=O)(=O)c2cccc3cccnc23)c2ccccc21. The number of aromatic nitrogens is 3. The molecule has 8 heteroatoms. The fourth-order valence-corrected chi connectivity index (χ4v) is 5.21. The zero-order valence-corrected chi connectivity index (χ0v) is 16.9. The minimum Gasteiger partial charge on any atom is -0.268 e. The van der Waals surface area contributed by atoms with Crippen molar-refractivity contribution in [1.82, 2.24) is 13.5 Å². The van der Waals surface area contributed by atoms with Crippen molar-refractivity contribution in [2.75, 3.05) is 0 Å². The molecule has 5 aromatic rings. The van der Waals surface area contributed by atoms with Gasteiger partial charge in [-0.25, -0.2) is 17.8 Å². The van der Waals surface area contributed by atoms with Crippen LogP contribution in [-0.2, 0) is 10.0 Å². The number of carbonyl (C=O) groups is 1. The maximum Gasteiger partial charge on any atom is 0.350 e. The second-order valence-corrected chi connectivity index (χ2v) is 8.63. The molecule has 0 spiro atoms. The Kier molecular flexibility index (Phi) is 4.30. The van der Waals surface area contributed by atoms with E-state index in [9.17, 15) is 18.0 Å². The first-order valence-corrected chi connectivity index (χ1v) is 10.9. The van der Waals surface area contributed by atoms with Gasteiger partial charge in [-0.2, -0.15) is 3.97 Å². The molecule has 0 amide bonds. The van der Waals surface area contributed by atoms with Crippen LogP contribution in [0.4, 0.5) is 0 Å². The monoisotopic (exact) mass is 429 g/mol. The van der Waals surface area contributed by atoms with E-state index in [0.717, 1.165) is 4.57 Å². The second kappa shape index (κ2) is 7.03. The molecule has 7 nitrogen and oxygen atoms in total. The third-order valence-corrected chi connectivity index (χ3v) is 6.76. The molecular weight excluding hydrogens is 414 g/mol. The van der Waals surface area contributed by atoms with Gasteiger partial charge < -0.3 is 0 Å². The Labute approximate surface area is 176 Å². The first-order valence-electron chi connectivity index (χ1n) is 9.42. The second-order valence-electron chi connectivity index (χ2n) is 6.88. The third kappa shape index (κ3) is 2.88. The maximum atomic E-state index is 13.7. The van der Waals surface area contributed by atoms with E-state index >= 15 is 0 Å². The Morgan fingerprint density at radius 2 is 1.45 bits per heavy atom. The number of carbonyl (C=O) groups excluding carboxylic acids is 1. The summed E-state index contributed by atoms with van der Waals surface area (Å²) in [5.74, 6) is -0.605. The Morgan fingerprint density at radius 1 is 0.774 bits per heavy atom. The van der Waals surface area contributed by atoms with Gasteiger partial charge in [-0.15, -0.1) is 0 Å². The van der Waals surface area contributed by atoms with Crippen LogP contribution in [0.1, 0.15) is 10.4 Å². The standard InChI is InChI=1S/C23H15N3O4S/c27-22(17-8-2-1-3-9-17)25-18-12-4-5-13-19(18)26(23(25)28)31(29,30)20-14-6-10-16-11-7-15-24-21(16)20/h1-15H. The topological polar surface area (TPSA) is 91.0 Å². The van der Waals surface area contributed by atoms with Gasteiger partial charge in [0.25, 0.3) is 15.9 Å². The number of para-hydroxylation sites is 3. The number of hydrogen-bond acceptors (Lipinski definition) is 5. The molecule has 0 atom stereocenters. The first-order chi connectivity index (χ1) is 15.0. The average Bonchev–Trinajstić information content (AvgIpc) is 3.11. The van der Waals surface area contributed by atoms with Crippen LogP contribution in [-0.4, -0.2) is 27.8 Å². The van der Waals surface area contributed by atoms with Crippen molar-refractivity contribution in [1.29, 1.82) is 0 Å². The van der Waals surface area contributed by atoms with E-state index in [2.05, 4.69) is 4.98 Å². The number of pyridine rings is 1. The summed E-state index contributed by atoms with van der Waals surface area (Å²) in [7, 11) is -4.35. The summed E-state index contributed by atoms with van der Waals surface area (Å²) in [6, 6.07) is 22.7. The van der Waals surface area contributed by atoms with E-state index < -0.39 is 21.6 Å². The van der Waals surface area contributed by atoms with Gasteiger partial charge in [0.15, 0.2) is 0 Å². The van der Waals surface area contributed by atoms with Gasteiger partial charge in [0.2, 0.25) is 0 Å². The zero-order chi connectivity index (χ0) is 21.6. The molecular formula is C23H15N3O4S. The highest BCUT2D eigenvalue weighted by Crippen LogP contribution is 2.25. The van der Waals surface area contributed by atoms with Crippen LogP contribution < -0.4 is 5.69 Å². The Hall–Kier alpha value is -4.04. The lowest BCUT2D eigenvalue weighted by molar-refractivity contribution is 0.0961. The summed E-state index contributed by atoms with van der Waals surface area (Å²) < 4.78 is 28.9. The molecule has 0 aliphatic carbocycles. The molecule has 0 saturated heterocycles. The van der Waals surface area contributed by atoms with E-state index in [4.69, 9.17) is 0 Å². The summed E-state index contributed by atoms with van der Waals surface area (Å²) in [6.07, 6.45) is 1.49. The van der Waals surface area contributed by atoms with Crippen molar-refractivity contribution in [2.24, 2.45) is 0 Å². The van der Waals surface area contributed by atoms with E-state index in [1.807, 2.05) is 0 Å². The maximum absolute atomic E-state index is 13.7. The molecule has 0 fully saturated rings. The van der Waals surface area contributed by atoms with Crippen LogP contribution in [0.25, 0.3) is 21.9 Å². The predicted octanol–water partition coefficient (Wildman–Crippen LogP) is 3.28. The lowest BCUT2D eigenvalue weighted by Crippen LogP contribution is -2.33. The third-order valence-electron chi connectivity index (χ3n) is 5.04. The number of imidazole rings is 1. The minimum atomic E-state index is -4.35. The van der Waals surface area contributed by atoms with Crippen LogP contribution in [0.5, 0.6) is 0 Å². The van der Waals surface area contributed by atoms with Crippen LogP contribution in [0, 0.1) is 0 Å². The molecule has 3 aromatic carbocycles. The Morgan fingerprint density at radius 3 is 2.23 bits per heavy atom. The van der Waals surface area contributed by atoms with Crippen molar-refractivity contribution >= 4 is 37.9 Å². The zero-order valence-electron chi connectivity index (χ0n) is 16.0. The first kappa shape index (κ1) is 19.0. The van der Waals surface area contributed by atoms with Crippen LogP contribution in [0.15, 0.2) is 101 Å². The molecule has 0 aliphatic heterocycles. The lowest BCUT2D eigenvalue weighted by Gasteiger charge is -2.08. The summed E-state index contributed by atoms with van der Waals surface area (Å²) in [5.41, 5.74) is -0.106. The highest BCUT2D eigenvalue weighted by atomic mass is 32.2. The Balaban J connectivity index is 1.83. The number of hydrogen-bond donors (Lipinski definition) is 0. The highest BCUT2D eigenvalue weighted by Gasteiger charge is 2.29. The molecule has 5 rings (SSSR count). The number of rotatable bonds is 3. The number of benzene rings is 3. The molecule has 0 N–H and O–H groups in total. The van der Waals surface area contributed by atoms with Gasteiger partial charge in [0, 0.05) is 17.1 Å². The number of fused-ring (bicyclic) bond motifs is 2. The van der Waals surface area contributed by atoms with E-state index in [1.165, 1.54) is 18.3 Å². The molecule has 152 valence electrons. The van der Waals surface area contributed by atoms with Crippen LogP contribution in [0.3, 0.4) is 0 Å². The molecule has 0 radical (unpaired) electrons. The van der Waals surface area contributed by atoms with Gasteiger partial charge in [-0.05, 0) is 36.4 Å². The molecule has 0 unspecified atom stereocenters. The molecule has 0 saturated carbocycles. The molecule has 31 heavy (non-hydrogen) atoms. The molecule has 2 aromatic heterocycles. The van der Waals surface area contributed by atoms with E-state index in [1.54, 1.807) is 72.8 Å².